The average molecular weight is 349 g/mol. The highest BCUT2D eigenvalue weighted by atomic mass is 32.1. The minimum atomic E-state index is -0.208. The Balaban J connectivity index is 1.59. The third-order valence-electron chi connectivity index (χ3n) is 4.06. The summed E-state index contributed by atoms with van der Waals surface area (Å²) in [5.41, 5.74) is 0. The SMILES string of the molecule is CCc1cnc(C(C)NC(=O)N2CCOC(c3ccc(C)o3)C2)s1. The minimum Gasteiger partial charge on any atom is -0.464 e. The summed E-state index contributed by atoms with van der Waals surface area (Å²) < 4.78 is 11.4. The van der Waals surface area contributed by atoms with Crippen LogP contribution in [-0.4, -0.2) is 35.6 Å². The van der Waals surface area contributed by atoms with Crippen molar-refractivity contribution in [1.29, 1.82) is 0 Å². The van der Waals surface area contributed by atoms with E-state index in [1.165, 1.54) is 4.88 Å². The number of nitrogens with zero attached hydrogens (tertiary/aromatic N) is 2. The van der Waals surface area contributed by atoms with Crippen molar-refractivity contribution in [3.8, 4) is 0 Å². The third-order valence-corrected chi connectivity index (χ3v) is 5.39. The lowest BCUT2D eigenvalue weighted by Gasteiger charge is -2.32. The van der Waals surface area contributed by atoms with Crippen LogP contribution in [0.4, 0.5) is 4.79 Å². The molecule has 0 bridgehead atoms. The molecule has 3 heterocycles. The summed E-state index contributed by atoms with van der Waals surface area (Å²) in [6, 6.07) is 3.63. The van der Waals surface area contributed by atoms with E-state index in [0.717, 1.165) is 22.9 Å². The number of amides is 2. The first kappa shape index (κ1) is 17.0. The quantitative estimate of drug-likeness (QED) is 0.918. The van der Waals surface area contributed by atoms with Gasteiger partial charge in [-0.2, -0.15) is 0 Å². The van der Waals surface area contributed by atoms with E-state index in [1.807, 2.05) is 32.2 Å². The number of thiazole rings is 1. The van der Waals surface area contributed by atoms with Gasteiger partial charge >= 0.3 is 6.03 Å². The van der Waals surface area contributed by atoms with E-state index >= 15 is 0 Å². The van der Waals surface area contributed by atoms with Crippen LogP contribution in [0.5, 0.6) is 0 Å². The zero-order chi connectivity index (χ0) is 17.1. The van der Waals surface area contributed by atoms with E-state index in [2.05, 4.69) is 17.2 Å². The van der Waals surface area contributed by atoms with E-state index in [1.54, 1.807) is 16.2 Å². The summed E-state index contributed by atoms with van der Waals surface area (Å²) in [6.07, 6.45) is 2.64. The Morgan fingerprint density at radius 3 is 3.04 bits per heavy atom. The summed E-state index contributed by atoms with van der Waals surface area (Å²) in [4.78, 5) is 19.9. The predicted octanol–water partition coefficient (Wildman–Crippen LogP) is 3.45. The van der Waals surface area contributed by atoms with Gasteiger partial charge < -0.3 is 19.4 Å². The molecule has 2 unspecified atom stereocenters. The zero-order valence-electron chi connectivity index (χ0n) is 14.2. The molecule has 0 aromatic carbocycles. The number of carbonyl (C=O) groups is 1. The topological polar surface area (TPSA) is 67.6 Å². The van der Waals surface area contributed by atoms with Crippen LogP contribution in [0.25, 0.3) is 0 Å². The molecule has 0 radical (unpaired) electrons. The fourth-order valence-corrected chi connectivity index (χ4v) is 3.52. The van der Waals surface area contributed by atoms with Crippen molar-refractivity contribution < 1.29 is 13.9 Å². The van der Waals surface area contributed by atoms with Crippen molar-refractivity contribution in [2.75, 3.05) is 19.7 Å². The van der Waals surface area contributed by atoms with Gasteiger partial charge in [-0.3, -0.25) is 0 Å². The van der Waals surface area contributed by atoms with E-state index < -0.39 is 0 Å². The normalized spacial score (nSPS) is 19.3. The molecule has 1 aliphatic rings. The second-order valence-electron chi connectivity index (χ2n) is 5.94. The summed E-state index contributed by atoms with van der Waals surface area (Å²) >= 11 is 1.65. The minimum absolute atomic E-state index is 0.0904. The lowest BCUT2D eigenvalue weighted by atomic mass is 10.2. The highest BCUT2D eigenvalue weighted by Gasteiger charge is 2.28. The van der Waals surface area contributed by atoms with Crippen LogP contribution in [0.3, 0.4) is 0 Å². The Hall–Kier alpha value is -1.86. The molecule has 2 aromatic rings. The fourth-order valence-electron chi connectivity index (χ4n) is 2.66. The molecule has 1 fully saturated rings. The average Bonchev–Trinajstić information content (AvgIpc) is 3.23. The van der Waals surface area contributed by atoms with Gasteiger partial charge in [-0.25, -0.2) is 9.78 Å². The van der Waals surface area contributed by atoms with Gasteiger partial charge in [0.2, 0.25) is 0 Å². The van der Waals surface area contributed by atoms with Crippen LogP contribution in [0.2, 0.25) is 0 Å². The molecule has 6 nitrogen and oxygen atoms in total. The molecule has 1 aliphatic heterocycles. The summed E-state index contributed by atoms with van der Waals surface area (Å²) in [5.74, 6) is 1.62. The van der Waals surface area contributed by atoms with Gasteiger partial charge in [0.15, 0.2) is 0 Å². The Morgan fingerprint density at radius 2 is 2.38 bits per heavy atom. The van der Waals surface area contributed by atoms with Gasteiger partial charge in [-0.15, -0.1) is 11.3 Å². The van der Waals surface area contributed by atoms with Crippen LogP contribution in [0.1, 0.15) is 47.4 Å². The van der Waals surface area contributed by atoms with E-state index in [0.29, 0.717) is 19.7 Å². The second-order valence-corrected chi connectivity index (χ2v) is 7.09. The number of hydrogen-bond acceptors (Lipinski definition) is 5. The first-order valence-electron chi connectivity index (χ1n) is 8.24. The molecule has 130 valence electrons. The number of ether oxygens (including phenoxy) is 1. The van der Waals surface area contributed by atoms with Crippen molar-refractivity contribution in [3.05, 3.63) is 39.7 Å². The Labute approximate surface area is 145 Å². The summed E-state index contributed by atoms with van der Waals surface area (Å²) in [5, 5.41) is 3.97. The lowest BCUT2D eigenvalue weighted by molar-refractivity contribution is -0.0266. The summed E-state index contributed by atoms with van der Waals surface area (Å²) in [6.45, 7) is 7.53. The number of aromatic nitrogens is 1. The van der Waals surface area contributed by atoms with Crippen LogP contribution < -0.4 is 5.32 Å². The number of rotatable bonds is 4. The molecular formula is C17H23N3O3S. The molecule has 3 rings (SSSR count). The number of morpholine rings is 1. The maximum atomic E-state index is 12.5. The molecule has 2 atom stereocenters. The number of urea groups is 1. The van der Waals surface area contributed by atoms with E-state index in [-0.39, 0.29) is 18.2 Å². The molecule has 24 heavy (non-hydrogen) atoms. The Morgan fingerprint density at radius 1 is 1.54 bits per heavy atom. The standard InChI is InChI=1S/C17H23N3O3S/c1-4-13-9-18-16(24-13)12(3)19-17(21)20-7-8-22-15(10-20)14-6-5-11(2)23-14/h5-6,9,12,15H,4,7-8,10H2,1-3H3,(H,19,21). The molecule has 0 spiro atoms. The number of nitrogens with one attached hydrogen (secondary N) is 1. The van der Waals surface area contributed by atoms with Gasteiger partial charge in [0, 0.05) is 17.6 Å². The number of hydrogen-bond donors (Lipinski definition) is 1. The highest BCUT2D eigenvalue weighted by molar-refractivity contribution is 7.11. The molecular weight excluding hydrogens is 326 g/mol. The number of aryl methyl sites for hydroxylation is 2. The van der Waals surface area contributed by atoms with Crippen molar-refractivity contribution in [2.45, 2.75) is 39.3 Å². The van der Waals surface area contributed by atoms with Gasteiger partial charge in [-0.1, -0.05) is 6.92 Å². The van der Waals surface area contributed by atoms with E-state index in [9.17, 15) is 4.79 Å². The second kappa shape index (κ2) is 7.36. The number of furan rings is 1. The number of carbonyl (C=O) groups excluding carboxylic acids is 1. The van der Waals surface area contributed by atoms with E-state index in [4.69, 9.17) is 9.15 Å². The molecule has 0 aliphatic carbocycles. The molecule has 2 aromatic heterocycles. The van der Waals surface area contributed by atoms with Crippen LogP contribution in [-0.2, 0) is 11.2 Å². The van der Waals surface area contributed by atoms with Crippen LogP contribution in [0.15, 0.2) is 22.7 Å². The monoisotopic (exact) mass is 349 g/mol. The highest BCUT2D eigenvalue weighted by Crippen LogP contribution is 2.25. The largest absolute Gasteiger partial charge is 0.464 e. The Bertz CT molecular complexity index is 697. The zero-order valence-corrected chi connectivity index (χ0v) is 15.1. The molecule has 7 heteroatoms. The van der Waals surface area contributed by atoms with Crippen molar-refractivity contribution in [3.63, 3.8) is 0 Å². The fraction of sp³-hybridized carbons (Fsp3) is 0.529. The lowest BCUT2D eigenvalue weighted by Crippen LogP contribution is -2.47. The molecule has 0 saturated carbocycles. The van der Waals surface area contributed by atoms with Gasteiger partial charge in [0.1, 0.15) is 22.6 Å². The van der Waals surface area contributed by atoms with Gasteiger partial charge in [0.05, 0.1) is 19.2 Å². The molecule has 1 saturated heterocycles. The Kier molecular flexibility index (Phi) is 5.20. The van der Waals surface area contributed by atoms with Gasteiger partial charge in [-0.05, 0) is 32.4 Å². The maximum absolute atomic E-state index is 12.5. The predicted molar refractivity (Wildman–Crippen MR) is 92.1 cm³/mol. The van der Waals surface area contributed by atoms with Crippen molar-refractivity contribution in [1.82, 2.24) is 15.2 Å². The maximum Gasteiger partial charge on any atom is 0.318 e. The third kappa shape index (κ3) is 3.79. The summed E-state index contributed by atoms with van der Waals surface area (Å²) in [7, 11) is 0. The van der Waals surface area contributed by atoms with Crippen LogP contribution in [0, 0.1) is 6.92 Å². The molecule has 2 amide bonds. The van der Waals surface area contributed by atoms with Crippen molar-refractivity contribution >= 4 is 17.4 Å². The van der Waals surface area contributed by atoms with Crippen molar-refractivity contribution in [2.24, 2.45) is 0 Å². The first-order valence-corrected chi connectivity index (χ1v) is 9.06. The first-order chi connectivity index (χ1) is 11.6. The van der Waals surface area contributed by atoms with Crippen LogP contribution >= 0.6 is 11.3 Å². The smallest absolute Gasteiger partial charge is 0.318 e. The molecule has 1 N–H and O–H groups in total. The van der Waals surface area contributed by atoms with Gasteiger partial charge in [0.25, 0.3) is 0 Å².